The van der Waals surface area contributed by atoms with Crippen LogP contribution in [0, 0.1) is 0 Å². The Bertz CT molecular complexity index is 601. The van der Waals surface area contributed by atoms with Gasteiger partial charge in [0, 0.05) is 11.6 Å². The highest BCUT2D eigenvalue weighted by molar-refractivity contribution is 8.26. The van der Waals surface area contributed by atoms with Crippen molar-refractivity contribution in [2.75, 3.05) is 27.4 Å². The van der Waals surface area contributed by atoms with Crippen LogP contribution < -0.4 is 9.47 Å². The lowest BCUT2D eigenvalue weighted by Crippen LogP contribution is -2.30. The van der Waals surface area contributed by atoms with Crippen molar-refractivity contribution in [3.05, 3.63) is 28.7 Å². The molecule has 1 aliphatic heterocycles. The fourth-order valence-corrected chi connectivity index (χ4v) is 3.17. The Kier molecular flexibility index (Phi) is 5.22. The second kappa shape index (κ2) is 6.93. The second-order valence-electron chi connectivity index (χ2n) is 4.16. The van der Waals surface area contributed by atoms with E-state index in [1.54, 1.807) is 32.4 Å². The van der Waals surface area contributed by atoms with E-state index in [1.165, 1.54) is 16.7 Å². The molecule has 0 unspecified atom stereocenters. The third kappa shape index (κ3) is 3.37. The van der Waals surface area contributed by atoms with E-state index in [1.807, 2.05) is 6.07 Å². The van der Waals surface area contributed by atoms with Crippen LogP contribution in [-0.2, 0) is 4.79 Å². The van der Waals surface area contributed by atoms with Crippen LogP contribution in [0.25, 0.3) is 6.08 Å². The number of methoxy groups -OCH3 is 2. The number of nitrogens with zero attached hydrogens (tertiary/aromatic N) is 1. The molecule has 0 atom stereocenters. The van der Waals surface area contributed by atoms with E-state index in [9.17, 15) is 4.79 Å². The number of carbonyl (C=O) groups excluding carboxylic acids is 1. The van der Waals surface area contributed by atoms with Crippen LogP contribution >= 0.6 is 24.0 Å². The topological polar surface area (TPSA) is 59.0 Å². The summed E-state index contributed by atoms with van der Waals surface area (Å²) in [7, 11) is 3.14. The minimum absolute atomic E-state index is 0.119. The minimum atomic E-state index is -0.197. The summed E-state index contributed by atoms with van der Waals surface area (Å²) in [6, 6.07) is 5.36. The van der Waals surface area contributed by atoms with Gasteiger partial charge in [0.15, 0.2) is 0 Å². The van der Waals surface area contributed by atoms with E-state index >= 15 is 0 Å². The third-order valence-electron chi connectivity index (χ3n) is 2.92. The molecule has 0 aromatic heterocycles. The molecule has 5 nitrogen and oxygen atoms in total. The van der Waals surface area contributed by atoms with Gasteiger partial charge >= 0.3 is 0 Å². The van der Waals surface area contributed by atoms with Crippen molar-refractivity contribution in [1.29, 1.82) is 0 Å². The van der Waals surface area contributed by atoms with Crippen molar-refractivity contribution >= 4 is 40.3 Å². The Balaban J connectivity index is 2.32. The van der Waals surface area contributed by atoms with E-state index in [-0.39, 0.29) is 19.1 Å². The fraction of sp³-hybridized carbons (Fsp3) is 0.286. The van der Waals surface area contributed by atoms with Crippen LogP contribution in [0.15, 0.2) is 23.1 Å². The maximum atomic E-state index is 12.2. The van der Waals surface area contributed by atoms with Crippen LogP contribution in [0.1, 0.15) is 5.56 Å². The van der Waals surface area contributed by atoms with Gasteiger partial charge in [-0.1, -0.05) is 24.0 Å². The summed E-state index contributed by atoms with van der Waals surface area (Å²) >= 11 is 6.36. The molecule has 2 rings (SSSR count). The largest absolute Gasteiger partial charge is 0.497 e. The molecule has 1 aromatic carbocycles. The van der Waals surface area contributed by atoms with Gasteiger partial charge in [-0.3, -0.25) is 9.69 Å². The summed E-state index contributed by atoms with van der Waals surface area (Å²) in [4.78, 5) is 14.1. The highest BCUT2D eigenvalue weighted by Gasteiger charge is 2.31. The van der Waals surface area contributed by atoms with Gasteiger partial charge in [-0.2, -0.15) is 0 Å². The molecule has 0 spiro atoms. The second-order valence-corrected chi connectivity index (χ2v) is 5.84. The van der Waals surface area contributed by atoms with E-state index in [4.69, 9.17) is 26.8 Å². The molecule has 1 saturated heterocycles. The molecule has 0 radical (unpaired) electrons. The number of hydrogen-bond acceptors (Lipinski definition) is 6. The monoisotopic (exact) mass is 325 g/mol. The molecule has 112 valence electrons. The normalized spacial score (nSPS) is 16.7. The Hall–Kier alpha value is -1.57. The molecule has 1 heterocycles. The summed E-state index contributed by atoms with van der Waals surface area (Å²) in [5.74, 6) is 1.09. The molecule has 1 N–H and O–H groups in total. The Labute approximate surface area is 132 Å². The quantitative estimate of drug-likeness (QED) is 0.659. The van der Waals surface area contributed by atoms with Gasteiger partial charge in [-0.15, -0.1) is 0 Å². The number of β-amino-alcohol motifs (C(OH)–C–C–N with tert-alkyl or cyclic N) is 1. The van der Waals surface area contributed by atoms with Crippen LogP contribution in [0.5, 0.6) is 11.5 Å². The summed E-state index contributed by atoms with van der Waals surface area (Å²) < 4.78 is 10.9. The van der Waals surface area contributed by atoms with Crippen molar-refractivity contribution in [2.45, 2.75) is 0 Å². The summed E-state index contributed by atoms with van der Waals surface area (Å²) in [5.41, 5.74) is 0.766. The lowest BCUT2D eigenvalue weighted by Gasteiger charge is -2.11. The average molecular weight is 325 g/mol. The number of ether oxygens (including phenoxy) is 2. The average Bonchev–Trinajstić information content (AvgIpc) is 2.75. The van der Waals surface area contributed by atoms with Gasteiger partial charge in [0.25, 0.3) is 5.91 Å². The maximum absolute atomic E-state index is 12.2. The molecule has 1 amide bonds. The van der Waals surface area contributed by atoms with Crippen molar-refractivity contribution in [2.24, 2.45) is 0 Å². The highest BCUT2D eigenvalue weighted by atomic mass is 32.2. The molecule has 0 bridgehead atoms. The molecular weight excluding hydrogens is 310 g/mol. The van der Waals surface area contributed by atoms with Crippen molar-refractivity contribution in [1.82, 2.24) is 4.90 Å². The predicted octanol–water partition coefficient (Wildman–Crippen LogP) is 1.90. The van der Waals surface area contributed by atoms with Gasteiger partial charge in [0.1, 0.15) is 15.8 Å². The number of benzene rings is 1. The highest BCUT2D eigenvalue weighted by Crippen LogP contribution is 2.34. The number of amides is 1. The lowest BCUT2D eigenvalue weighted by atomic mass is 10.1. The molecule has 0 aliphatic carbocycles. The Morgan fingerprint density at radius 3 is 2.76 bits per heavy atom. The number of rotatable bonds is 5. The number of aliphatic hydroxyl groups is 1. The molecule has 1 aliphatic rings. The third-order valence-corrected chi connectivity index (χ3v) is 4.30. The molecular formula is C14H15NO4S2. The SMILES string of the molecule is COc1ccc(/C=C2\SC(=S)N(CCO)C2=O)c(OC)c1. The van der Waals surface area contributed by atoms with Crippen LogP contribution in [0.3, 0.4) is 0 Å². The molecule has 1 aromatic rings. The van der Waals surface area contributed by atoms with E-state index in [0.717, 1.165) is 5.56 Å². The minimum Gasteiger partial charge on any atom is -0.497 e. The van der Waals surface area contributed by atoms with Crippen LogP contribution in [-0.4, -0.2) is 47.6 Å². The lowest BCUT2D eigenvalue weighted by molar-refractivity contribution is -0.122. The van der Waals surface area contributed by atoms with E-state index in [0.29, 0.717) is 20.7 Å². The van der Waals surface area contributed by atoms with Crippen molar-refractivity contribution in [3.8, 4) is 11.5 Å². The van der Waals surface area contributed by atoms with Crippen molar-refractivity contribution < 1.29 is 19.4 Å². The van der Waals surface area contributed by atoms with Gasteiger partial charge in [-0.05, 0) is 18.2 Å². The first-order valence-corrected chi connectivity index (χ1v) is 7.41. The maximum Gasteiger partial charge on any atom is 0.266 e. The number of hydrogen-bond donors (Lipinski definition) is 1. The van der Waals surface area contributed by atoms with E-state index in [2.05, 4.69) is 0 Å². The van der Waals surface area contributed by atoms with Gasteiger partial charge in [0.05, 0.1) is 32.3 Å². The van der Waals surface area contributed by atoms with Gasteiger partial charge in [0.2, 0.25) is 0 Å². The zero-order valence-electron chi connectivity index (χ0n) is 11.7. The standard InChI is InChI=1S/C14H15NO4S2/c1-18-10-4-3-9(11(8-10)19-2)7-12-13(17)15(5-6-16)14(20)21-12/h3-4,7-8,16H,5-6H2,1-2H3/b12-7-. The number of thiocarbonyl (C=S) groups is 1. The summed E-state index contributed by atoms with van der Waals surface area (Å²) in [5, 5.41) is 8.96. The van der Waals surface area contributed by atoms with Gasteiger partial charge < -0.3 is 14.6 Å². The summed E-state index contributed by atoms with van der Waals surface area (Å²) in [6.45, 7) is 0.0906. The Morgan fingerprint density at radius 1 is 1.38 bits per heavy atom. The molecule has 7 heteroatoms. The number of carbonyl (C=O) groups is 1. The first-order valence-electron chi connectivity index (χ1n) is 6.19. The van der Waals surface area contributed by atoms with Gasteiger partial charge in [-0.25, -0.2) is 0 Å². The molecule has 0 saturated carbocycles. The number of aliphatic hydroxyl groups excluding tert-OH is 1. The van der Waals surface area contributed by atoms with Crippen LogP contribution in [0.4, 0.5) is 0 Å². The number of thioether (sulfide) groups is 1. The zero-order chi connectivity index (χ0) is 15.4. The van der Waals surface area contributed by atoms with E-state index < -0.39 is 0 Å². The molecule has 21 heavy (non-hydrogen) atoms. The Morgan fingerprint density at radius 2 is 2.14 bits per heavy atom. The first-order chi connectivity index (χ1) is 10.1. The zero-order valence-corrected chi connectivity index (χ0v) is 13.3. The van der Waals surface area contributed by atoms with Crippen molar-refractivity contribution in [3.63, 3.8) is 0 Å². The smallest absolute Gasteiger partial charge is 0.266 e. The summed E-state index contributed by atoms with van der Waals surface area (Å²) in [6.07, 6.45) is 1.73. The molecule has 1 fully saturated rings. The van der Waals surface area contributed by atoms with Crippen LogP contribution in [0.2, 0.25) is 0 Å². The predicted molar refractivity (Wildman–Crippen MR) is 86.5 cm³/mol. The first kappa shape index (κ1) is 15.8. The fourth-order valence-electron chi connectivity index (χ4n) is 1.87.